The van der Waals surface area contributed by atoms with E-state index in [9.17, 15) is 4.79 Å². The number of benzene rings is 1. The Hall–Kier alpha value is -1.35. The summed E-state index contributed by atoms with van der Waals surface area (Å²) in [6, 6.07) is 9.62. The number of hydrogen-bond donors (Lipinski definition) is 2. The Labute approximate surface area is 90.1 Å². The normalized spacial score (nSPS) is 12.3. The van der Waals surface area contributed by atoms with E-state index in [2.05, 4.69) is 12.2 Å². The molecule has 0 aliphatic heterocycles. The van der Waals surface area contributed by atoms with Crippen LogP contribution in [0.3, 0.4) is 0 Å². The van der Waals surface area contributed by atoms with Crippen LogP contribution in [0.5, 0.6) is 0 Å². The van der Waals surface area contributed by atoms with Crippen molar-refractivity contribution in [2.24, 2.45) is 0 Å². The first-order valence-electron chi connectivity index (χ1n) is 5.24. The third-order valence-corrected chi connectivity index (χ3v) is 2.22. The van der Waals surface area contributed by atoms with E-state index in [1.807, 2.05) is 30.3 Å². The number of aliphatic carboxylic acids is 1. The summed E-state index contributed by atoms with van der Waals surface area (Å²) in [5, 5.41) is 12.0. The van der Waals surface area contributed by atoms with Crippen LogP contribution in [0.4, 0.5) is 0 Å². The van der Waals surface area contributed by atoms with E-state index in [-0.39, 0.29) is 12.5 Å². The summed E-state index contributed by atoms with van der Waals surface area (Å²) in [6.07, 6.45) is 1.13. The summed E-state index contributed by atoms with van der Waals surface area (Å²) in [5.41, 5.74) is 1.04. The number of nitrogens with one attached hydrogen (secondary N) is 1. The molecule has 1 rings (SSSR count). The van der Waals surface area contributed by atoms with Gasteiger partial charge in [0.25, 0.3) is 0 Å². The van der Waals surface area contributed by atoms with Gasteiger partial charge in [-0.05, 0) is 18.5 Å². The highest BCUT2D eigenvalue weighted by Crippen LogP contribution is 2.16. The lowest BCUT2D eigenvalue weighted by Gasteiger charge is -2.16. The van der Waals surface area contributed by atoms with Gasteiger partial charge in [0.1, 0.15) is 0 Å². The quantitative estimate of drug-likeness (QED) is 0.751. The topological polar surface area (TPSA) is 49.3 Å². The standard InChI is InChI=1S/C12H17NO2/c1-2-8-13-11(9-12(14)15)10-6-4-3-5-7-10/h3-7,11,13H,2,8-9H2,1H3,(H,14,15). The van der Waals surface area contributed by atoms with Crippen molar-refractivity contribution >= 4 is 5.97 Å². The van der Waals surface area contributed by atoms with Gasteiger partial charge in [0.05, 0.1) is 6.42 Å². The number of carboxylic acids is 1. The average molecular weight is 207 g/mol. The summed E-state index contributed by atoms with van der Waals surface area (Å²) >= 11 is 0. The van der Waals surface area contributed by atoms with E-state index < -0.39 is 5.97 Å². The van der Waals surface area contributed by atoms with E-state index in [1.54, 1.807) is 0 Å². The zero-order chi connectivity index (χ0) is 11.1. The number of carbonyl (C=O) groups is 1. The Morgan fingerprint density at radius 3 is 2.60 bits per heavy atom. The molecule has 0 fully saturated rings. The van der Waals surface area contributed by atoms with E-state index in [0.717, 1.165) is 18.5 Å². The van der Waals surface area contributed by atoms with E-state index >= 15 is 0 Å². The molecule has 0 spiro atoms. The Morgan fingerprint density at radius 1 is 1.40 bits per heavy atom. The Morgan fingerprint density at radius 2 is 2.07 bits per heavy atom. The number of rotatable bonds is 6. The van der Waals surface area contributed by atoms with Gasteiger partial charge in [0.15, 0.2) is 0 Å². The van der Waals surface area contributed by atoms with Gasteiger partial charge in [-0.1, -0.05) is 37.3 Å². The molecule has 0 saturated heterocycles. The SMILES string of the molecule is CCCNC(CC(=O)O)c1ccccc1. The zero-order valence-electron chi connectivity index (χ0n) is 8.94. The maximum absolute atomic E-state index is 10.7. The van der Waals surface area contributed by atoms with Crippen molar-refractivity contribution in [3.63, 3.8) is 0 Å². The molecule has 1 unspecified atom stereocenters. The van der Waals surface area contributed by atoms with Crippen molar-refractivity contribution in [3.05, 3.63) is 35.9 Å². The lowest BCUT2D eigenvalue weighted by Crippen LogP contribution is -2.24. The highest BCUT2D eigenvalue weighted by atomic mass is 16.4. The van der Waals surface area contributed by atoms with Gasteiger partial charge < -0.3 is 10.4 Å². The minimum absolute atomic E-state index is 0.0800. The maximum Gasteiger partial charge on any atom is 0.305 e. The van der Waals surface area contributed by atoms with E-state index in [1.165, 1.54) is 0 Å². The molecule has 1 aromatic rings. The van der Waals surface area contributed by atoms with Gasteiger partial charge >= 0.3 is 5.97 Å². The van der Waals surface area contributed by atoms with Gasteiger partial charge in [-0.2, -0.15) is 0 Å². The Kier molecular flexibility index (Phi) is 4.84. The molecule has 0 amide bonds. The monoisotopic (exact) mass is 207 g/mol. The van der Waals surface area contributed by atoms with Crippen molar-refractivity contribution in [3.8, 4) is 0 Å². The number of carboxylic acid groups (broad SMARTS) is 1. The van der Waals surface area contributed by atoms with Gasteiger partial charge in [-0.3, -0.25) is 4.79 Å². The highest BCUT2D eigenvalue weighted by Gasteiger charge is 2.13. The molecule has 0 aromatic heterocycles. The fraction of sp³-hybridized carbons (Fsp3) is 0.417. The molecule has 0 aliphatic carbocycles. The molecule has 1 atom stereocenters. The molecule has 3 heteroatoms. The lowest BCUT2D eigenvalue weighted by molar-refractivity contribution is -0.137. The van der Waals surface area contributed by atoms with Crippen molar-refractivity contribution < 1.29 is 9.90 Å². The molecule has 1 aromatic carbocycles. The van der Waals surface area contributed by atoms with Crippen LogP contribution in [0.1, 0.15) is 31.4 Å². The lowest BCUT2D eigenvalue weighted by atomic mass is 10.0. The molecule has 0 radical (unpaired) electrons. The summed E-state index contributed by atoms with van der Waals surface area (Å²) in [4.78, 5) is 10.7. The van der Waals surface area contributed by atoms with Crippen LogP contribution in [0.2, 0.25) is 0 Å². The van der Waals surface area contributed by atoms with Gasteiger partial charge in [0, 0.05) is 6.04 Å². The molecular weight excluding hydrogens is 190 g/mol. The fourth-order valence-corrected chi connectivity index (χ4v) is 1.49. The first kappa shape index (κ1) is 11.7. The summed E-state index contributed by atoms with van der Waals surface area (Å²) < 4.78 is 0. The second kappa shape index (κ2) is 6.19. The predicted octanol–water partition coefficient (Wildman–Crippen LogP) is 2.20. The minimum Gasteiger partial charge on any atom is -0.481 e. The van der Waals surface area contributed by atoms with Crippen LogP contribution in [0, 0.1) is 0 Å². The fourth-order valence-electron chi connectivity index (χ4n) is 1.49. The van der Waals surface area contributed by atoms with Crippen LogP contribution in [-0.4, -0.2) is 17.6 Å². The van der Waals surface area contributed by atoms with Gasteiger partial charge in [0.2, 0.25) is 0 Å². The van der Waals surface area contributed by atoms with Crippen LogP contribution in [0.25, 0.3) is 0 Å². The van der Waals surface area contributed by atoms with E-state index in [4.69, 9.17) is 5.11 Å². The van der Waals surface area contributed by atoms with Crippen molar-refractivity contribution in [1.29, 1.82) is 0 Å². The second-order valence-corrected chi connectivity index (χ2v) is 3.52. The first-order valence-corrected chi connectivity index (χ1v) is 5.24. The third-order valence-electron chi connectivity index (χ3n) is 2.22. The van der Waals surface area contributed by atoms with Crippen LogP contribution in [-0.2, 0) is 4.79 Å². The molecule has 15 heavy (non-hydrogen) atoms. The molecule has 2 N–H and O–H groups in total. The molecular formula is C12H17NO2. The van der Waals surface area contributed by atoms with E-state index in [0.29, 0.717) is 0 Å². The van der Waals surface area contributed by atoms with Crippen molar-refractivity contribution in [2.75, 3.05) is 6.54 Å². The molecule has 0 aliphatic rings. The molecule has 0 bridgehead atoms. The smallest absolute Gasteiger partial charge is 0.305 e. The van der Waals surface area contributed by atoms with Gasteiger partial charge in [-0.25, -0.2) is 0 Å². The van der Waals surface area contributed by atoms with Crippen LogP contribution < -0.4 is 5.32 Å². The molecule has 0 heterocycles. The second-order valence-electron chi connectivity index (χ2n) is 3.52. The maximum atomic E-state index is 10.7. The third kappa shape index (κ3) is 4.13. The van der Waals surface area contributed by atoms with Crippen LogP contribution in [0.15, 0.2) is 30.3 Å². The minimum atomic E-state index is -0.771. The van der Waals surface area contributed by atoms with Crippen molar-refractivity contribution in [2.45, 2.75) is 25.8 Å². The Bertz CT molecular complexity index is 298. The summed E-state index contributed by atoms with van der Waals surface area (Å²) in [6.45, 7) is 2.91. The Balaban J connectivity index is 2.67. The highest BCUT2D eigenvalue weighted by molar-refractivity contribution is 5.67. The summed E-state index contributed by atoms with van der Waals surface area (Å²) in [5.74, 6) is -0.771. The molecule has 82 valence electrons. The predicted molar refractivity (Wildman–Crippen MR) is 59.7 cm³/mol. The molecule has 3 nitrogen and oxygen atoms in total. The largest absolute Gasteiger partial charge is 0.481 e. The molecule has 0 saturated carbocycles. The van der Waals surface area contributed by atoms with Crippen LogP contribution >= 0.6 is 0 Å². The average Bonchev–Trinajstić information content (AvgIpc) is 2.25. The zero-order valence-corrected chi connectivity index (χ0v) is 8.94. The number of hydrogen-bond acceptors (Lipinski definition) is 2. The summed E-state index contributed by atoms with van der Waals surface area (Å²) in [7, 11) is 0. The first-order chi connectivity index (χ1) is 7.24. The van der Waals surface area contributed by atoms with Gasteiger partial charge in [-0.15, -0.1) is 0 Å². The van der Waals surface area contributed by atoms with Crippen molar-refractivity contribution in [1.82, 2.24) is 5.32 Å².